The van der Waals surface area contributed by atoms with E-state index in [9.17, 15) is 0 Å². The van der Waals surface area contributed by atoms with E-state index in [1.165, 1.54) is 0 Å². The standard InChI is InChI=1S/C2H5ClOP/c1-2-5(3)4/h2,4H,1H3/q+1. The lowest BCUT2D eigenvalue weighted by Gasteiger charge is -1.50. The highest BCUT2D eigenvalue weighted by Crippen LogP contribution is 2.19. The van der Waals surface area contributed by atoms with Crippen molar-refractivity contribution in [3.63, 3.8) is 0 Å². The lowest BCUT2D eigenvalue weighted by atomic mass is 11.0. The maximum atomic E-state index is 8.14. The summed E-state index contributed by atoms with van der Waals surface area (Å²) in [5, 5.41) is 0. The van der Waals surface area contributed by atoms with Crippen LogP contribution in [0.5, 0.6) is 0 Å². The van der Waals surface area contributed by atoms with Crippen LogP contribution in [0.4, 0.5) is 0 Å². The van der Waals surface area contributed by atoms with Crippen LogP contribution in [0, 0.1) is 0 Å². The molecular formula is C2H5ClOP+. The first-order chi connectivity index (χ1) is 2.27. The molecular weight excluding hydrogens is 106 g/mol. The van der Waals surface area contributed by atoms with Gasteiger partial charge in [0.25, 0.3) is 0 Å². The quantitative estimate of drug-likeness (QED) is 0.468. The minimum atomic E-state index is -1.25. The molecule has 0 aromatic rings. The van der Waals surface area contributed by atoms with E-state index >= 15 is 0 Å². The molecule has 0 aliphatic carbocycles. The molecule has 1 atom stereocenters. The molecule has 0 aromatic heterocycles. The second-order valence-corrected chi connectivity index (χ2v) is 2.68. The Labute approximate surface area is 36.8 Å². The summed E-state index contributed by atoms with van der Waals surface area (Å²) in [5.41, 5.74) is 0. The highest BCUT2D eigenvalue weighted by Gasteiger charge is 1.87. The molecule has 0 radical (unpaired) electrons. The van der Waals surface area contributed by atoms with Crippen molar-refractivity contribution in [2.75, 3.05) is 0 Å². The molecule has 5 heavy (non-hydrogen) atoms. The van der Waals surface area contributed by atoms with E-state index < -0.39 is 7.12 Å². The summed E-state index contributed by atoms with van der Waals surface area (Å²) in [7, 11) is -1.25. The summed E-state index contributed by atoms with van der Waals surface area (Å²) in [6, 6.07) is 0. The molecule has 0 saturated carbocycles. The summed E-state index contributed by atoms with van der Waals surface area (Å²) < 4.78 is 0. The van der Waals surface area contributed by atoms with E-state index in [1.54, 1.807) is 12.7 Å². The fourth-order valence-corrected chi connectivity index (χ4v) is 0. The van der Waals surface area contributed by atoms with Gasteiger partial charge in [0.15, 0.2) is 11.2 Å². The molecule has 0 aliphatic heterocycles. The zero-order valence-electron chi connectivity index (χ0n) is 2.85. The largest absolute Gasteiger partial charge is 0.367 e. The Kier molecular flexibility index (Phi) is 2.87. The van der Waals surface area contributed by atoms with Crippen molar-refractivity contribution < 1.29 is 4.89 Å². The normalized spacial score (nSPS) is 12.2. The number of rotatable bonds is 0. The fourth-order valence-electron chi connectivity index (χ4n) is 0. The summed E-state index contributed by atoms with van der Waals surface area (Å²) in [6.45, 7) is 1.72. The van der Waals surface area contributed by atoms with Gasteiger partial charge in [-0.15, -0.1) is 0 Å². The van der Waals surface area contributed by atoms with E-state index in [2.05, 4.69) is 0 Å². The zero-order valence-corrected chi connectivity index (χ0v) is 4.50. The van der Waals surface area contributed by atoms with Crippen LogP contribution in [0.25, 0.3) is 0 Å². The first-order valence-corrected chi connectivity index (χ1v) is 3.47. The van der Waals surface area contributed by atoms with Crippen LogP contribution >= 0.6 is 18.4 Å². The SMILES string of the molecule is CC=[P+](O)Cl. The molecule has 3 heteroatoms. The maximum absolute atomic E-state index is 8.14. The lowest BCUT2D eigenvalue weighted by Crippen LogP contribution is -1.43. The van der Waals surface area contributed by atoms with Gasteiger partial charge >= 0.3 is 7.12 Å². The van der Waals surface area contributed by atoms with Crippen LogP contribution in [-0.2, 0) is 0 Å². The lowest BCUT2D eigenvalue weighted by molar-refractivity contribution is 0.656. The molecule has 0 bridgehead atoms. The molecule has 0 aliphatic rings. The van der Waals surface area contributed by atoms with E-state index in [-0.39, 0.29) is 0 Å². The van der Waals surface area contributed by atoms with Crippen molar-refractivity contribution in [1.82, 2.24) is 0 Å². The predicted octanol–water partition coefficient (Wildman–Crippen LogP) is 1.35. The number of hydrogen-bond acceptors (Lipinski definition) is 1. The highest BCUT2D eigenvalue weighted by atomic mass is 35.7. The molecule has 0 aromatic carbocycles. The fraction of sp³-hybridized carbons (Fsp3) is 0.500. The zero-order chi connectivity index (χ0) is 4.28. The van der Waals surface area contributed by atoms with Gasteiger partial charge in [-0.3, -0.25) is 0 Å². The Hall–Kier alpha value is 0.420. The Morgan fingerprint density at radius 2 is 2.20 bits per heavy atom. The smallest absolute Gasteiger partial charge is 0.178 e. The highest BCUT2D eigenvalue weighted by molar-refractivity contribution is 7.78. The topological polar surface area (TPSA) is 20.2 Å². The van der Waals surface area contributed by atoms with Gasteiger partial charge in [0, 0.05) is 0 Å². The van der Waals surface area contributed by atoms with Gasteiger partial charge in [-0.1, -0.05) is 0 Å². The van der Waals surface area contributed by atoms with Crippen molar-refractivity contribution in [3.8, 4) is 0 Å². The Bertz CT molecular complexity index is 47.6. The van der Waals surface area contributed by atoms with Crippen molar-refractivity contribution >= 4 is 24.2 Å². The van der Waals surface area contributed by atoms with E-state index in [4.69, 9.17) is 16.1 Å². The van der Waals surface area contributed by atoms with Crippen LogP contribution in [-0.4, -0.2) is 10.7 Å². The van der Waals surface area contributed by atoms with Gasteiger partial charge in [-0.05, 0) is 6.92 Å². The van der Waals surface area contributed by atoms with Gasteiger partial charge in [-0.2, -0.15) is 4.89 Å². The summed E-state index contributed by atoms with van der Waals surface area (Å²) in [4.78, 5) is 8.14. The predicted molar refractivity (Wildman–Crippen MR) is 26.7 cm³/mol. The van der Waals surface area contributed by atoms with Gasteiger partial charge < -0.3 is 0 Å². The first kappa shape index (κ1) is 5.42. The van der Waals surface area contributed by atoms with E-state index in [0.29, 0.717) is 0 Å². The minimum Gasteiger partial charge on any atom is -0.178 e. The second-order valence-electron chi connectivity index (χ2n) is 0.547. The molecule has 1 N–H and O–H groups in total. The van der Waals surface area contributed by atoms with Crippen LogP contribution < -0.4 is 0 Å². The van der Waals surface area contributed by atoms with Crippen LogP contribution in [0.2, 0.25) is 0 Å². The Morgan fingerprint density at radius 3 is 2.20 bits per heavy atom. The summed E-state index contributed by atoms with van der Waals surface area (Å²) in [6.07, 6.45) is 0. The molecule has 0 rings (SSSR count). The van der Waals surface area contributed by atoms with Crippen molar-refractivity contribution in [2.45, 2.75) is 6.92 Å². The van der Waals surface area contributed by atoms with Gasteiger partial charge in [-0.25, -0.2) is 0 Å². The van der Waals surface area contributed by atoms with Crippen molar-refractivity contribution in [2.24, 2.45) is 0 Å². The average Bonchev–Trinajstić information content (AvgIpc) is 1.38. The molecule has 0 amide bonds. The minimum absolute atomic E-state index is 1.25. The number of halogens is 1. The number of hydrogen-bond donors (Lipinski definition) is 1. The second kappa shape index (κ2) is 2.65. The molecule has 0 fully saturated rings. The monoisotopic (exact) mass is 111 g/mol. The molecule has 0 spiro atoms. The third-order valence-electron chi connectivity index (χ3n) is 0.213. The van der Waals surface area contributed by atoms with Crippen LogP contribution in [0.15, 0.2) is 0 Å². The van der Waals surface area contributed by atoms with E-state index in [0.717, 1.165) is 0 Å². The molecule has 0 saturated heterocycles. The van der Waals surface area contributed by atoms with Gasteiger partial charge in [0.1, 0.15) is 5.80 Å². The van der Waals surface area contributed by atoms with E-state index in [1.807, 2.05) is 0 Å². The van der Waals surface area contributed by atoms with Gasteiger partial charge in [0.2, 0.25) is 0 Å². The Balaban J connectivity index is 3.14. The summed E-state index contributed by atoms with van der Waals surface area (Å²) in [5.74, 6) is 1.55. The van der Waals surface area contributed by atoms with Crippen LogP contribution in [0.1, 0.15) is 6.92 Å². The summed E-state index contributed by atoms with van der Waals surface area (Å²) >= 11 is 5.03. The average molecular weight is 111 g/mol. The maximum Gasteiger partial charge on any atom is 0.367 e. The Morgan fingerprint density at radius 1 is 2.00 bits per heavy atom. The van der Waals surface area contributed by atoms with Crippen molar-refractivity contribution in [1.29, 1.82) is 0 Å². The molecule has 1 unspecified atom stereocenters. The third-order valence-corrected chi connectivity index (χ3v) is 1.22. The third kappa shape index (κ3) is 4.42. The van der Waals surface area contributed by atoms with Crippen LogP contribution in [0.3, 0.4) is 0 Å². The van der Waals surface area contributed by atoms with Crippen molar-refractivity contribution in [3.05, 3.63) is 0 Å². The molecule has 30 valence electrons. The molecule has 0 heterocycles. The van der Waals surface area contributed by atoms with Gasteiger partial charge in [0.05, 0.1) is 0 Å². The first-order valence-electron chi connectivity index (χ1n) is 1.20. The molecule has 1 nitrogen and oxygen atoms in total.